The third-order valence-corrected chi connectivity index (χ3v) is 19.0. The van der Waals surface area contributed by atoms with E-state index in [-0.39, 0.29) is 25.7 Å². The third-order valence-electron chi connectivity index (χ3n) is 17.1. The molecule has 0 aromatic rings. The van der Waals surface area contributed by atoms with Crippen LogP contribution in [-0.2, 0) is 65.4 Å². The molecule has 90 heavy (non-hydrogen) atoms. The van der Waals surface area contributed by atoms with E-state index in [4.69, 9.17) is 37.0 Å². The number of aliphatic hydroxyl groups is 1. The van der Waals surface area contributed by atoms with E-state index in [1.165, 1.54) is 161 Å². The summed E-state index contributed by atoms with van der Waals surface area (Å²) in [4.78, 5) is 72.6. The number of aliphatic hydroxyl groups excluding tert-OH is 1. The summed E-state index contributed by atoms with van der Waals surface area (Å²) >= 11 is 0. The van der Waals surface area contributed by atoms with Crippen molar-refractivity contribution in [2.75, 3.05) is 39.6 Å². The Bertz CT molecular complexity index is 1770. The molecule has 0 spiro atoms. The molecule has 0 saturated heterocycles. The van der Waals surface area contributed by atoms with Crippen LogP contribution >= 0.6 is 15.6 Å². The van der Waals surface area contributed by atoms with Gasteiger partial charge in [-0.3, -0.25) is 37.3 Å². The fraction of sp³-hybridized carbons (Fsp3) is 0.944. The van der Waals surface area contributed by atoms with Crippen LogP contribution in [0.4, 0.5) is 0 Å². The quantitative estimate of drug-likeness (QED) is 0.0222. The zero-order valence-electron chi connectivity index (χ0n) is 58.6. The molecule has 19 heteroatoms. The van der Waals surface area contributed by atoms with Gasteiger partial charge in [-0.25, -0.2) is 9.13 Å². The number of carbonyl (C=O) groups is 4. The van der Waals surface area contributed by atoms with E-state index in [0.717, 1.165) is 114 Å². The van der Waals surface area contributed by atoms with E-state index < -0.39 is 97.5 Å². The number of carbonyl (C=O) groups excluding carboxylic acids is 4. The molecule has 0 saturated carbocycles. The van der Waals surface area contributed by atoms with Gasteiger partial charge in [0, 0.05) is 25.7 Å². The van der Waals surface area contributed by atoms with Crippen molar-refractivity contribution in [3.63, 3.8) is 0 Å². The maximum absolute atomic E-state index is 13.0. The molecule has 7 atom stereocenters. The van der Waals surface area contributed by atoms with Crippen molar-refractivity contribution in [1.82, 2.24) is 0 Å². The van der Waals surface area contributed by atoms with E-state index in [0.29, 0.717) is 25.7 Å². The topological polar surface area (TPSA) is 237 Å². The Balaban J connectivity index is 5.25. The predicted octanol–water partition coefficient (Wildman–Crippen LogP) is 20.2. The Morgan fingerprint density at radius 1 is 0.322 bits per heavy atom. The van der Waals surface area contributed by atoms with Gasteiger partial charge in [-0.05, 0) is 43.4 Å². The first-order valence-corrected chi connectivity index (χ1v) is 39.9. The number of hydrogen-bond acceptors (Lipinski definition) is 15. The second-order valence-electron chi connectivity index (χ2n) is 26.6. The van der Waals surface area contributed by atoms with Crippen molar-refractivity contribution in [2.24, 2.45) is 17.8 Å². The van der Waals surface area contributed by atoms with Crippen LogP contribution in [-0.4, -0.2) is 96.7 Å². The molecule has 3 N–H and O–H groups in total. The summed E-state index contributed by atoms with van der Waals surface area (Å²) in [5, 5.41) is 10.6. The molecule has 0 heterocycles. The summed E-state index contributed by atoms with van der Waals surface area (Å²) < 4.78 is 68.3. The van der Waals surface area contributed by atoms with Gasteiger partial charge in [0.1, 0.15) is 19.3 Å². The molecular formula is C71H138O17P2. The highest BCUT2D eigenvalue weighted by Gasteiger charge is 2.30. The summed E-state index contributed by atoms with van der Waals surface area (Å²) in [7, 11) is -9.90. The maximum Gasteiger partial charge on any atom is 0.472 e. The van der Waals surface area contributed by atoms with Gasteiger partial charge in [0.05, 0.1) is 26.4 Å². The zero-order valence-corrected chi connectivity index (χ0v) is 60.4. The van der Waals surface area contributed by atoms with E-state index in [1.807, 2.05) is 0 Å². The van der Waals surface area contributed by atoms with Crippen molar-refractivity contribution < 1.29 is 80.2 Å². The van der Waals surface area contributed by atoms with Crippen molar-refractivity contribution in [1.29, 1.82) is 0 Å². The number of hydrogen-bond donors (Lipinski definition) is 3. The van der Waals surface area contributed by atoms with Crippen LogP contribution < -0.4 is 0 Å². The van der Waals surface area contributed by atoms with Gasteiger partial charge in [-0.2, -0.15) is 0 Å². The zero-order chi connectivity index (χ0) is 66.6. The SMILES string of the molecule is CCCCCCCCCCCCCC(=O)O[C@H](COC(=O)CCCCCCCCC(C)CC)COP(=O)(O)OC[C@H](O)COP(=O)(O)OC[C@@H](COC(=O)CCCCCCCCCCC(C)CC)OC(=O)CCCCCCCCCCCCCCCCC(C)C. The average Bonchev–Trinajstić information content (AvgIpc) is 3.68. The minimum atomic E-state index is -4.95. The standard InChI is InChI=1S/C71H138O17P2/c1-8-11-12-13-14-15-20-24-31-40-47-54-70(75)88-67(59-82-69(74)53-46-39-34-33-37-44-51-64(7)10-3)61-86-90(79,80)84-57-65(72)56-83-89(77,78)85-60-66(58-81-68(73)52-45-38-30-27-26-29-36-43-50-63(6)9-2)87-71(76)55-48-41-32-25-22-19-17-16-18-21-23-28-35-42-49-62(4)5/h62-67,72H,8-61H2,1-7H3,(H,77,78)(H,79,80)/t63?,64?,65-,66-,67-/m1/s1. The molecule has 17 nitrogen and oxygen atoms in total. The first-order chi connectivity index (χ1) is 43.3. The fourth-order valence-corrected chi connectivity index (χ4v) is 12.2. The molecule has 4 unspecified atom stereocenters. The number of phosphoric ester groups is 2. The van der Waals surface area contributed by atoms with E-state index in [9.17, 15) is 43.2 Å². The summed E-state index contributed by atoms with van der Waals surface area (Å²) in [6.07, 6.45) is 45.7. The van der Waals surface area contributed by atoms with Crippen LogP contribution in [0.25, 0.3) is 0 Å². The molecule has 0 rings (SSSR count). The number of rotatable bonds is 69. The number of esters is 4. The lowest BCUT2D eigenvalue weighted by atomic mass is 9.99. The average molecular weight is 1330 g/mol. The lowest BCUT2D eigenvalue weighted by molar-refractivity contribution is -0.161. The van der Waals surface area contributed by atoms with Crippen LogP contribution in [0.1, 0.15) is 357 Å². The predicted molar refractivity (Wildman–Crippen MR) is 363 cm³/mol. The molecular weight excluding hydrogens is 1190 g/mol. The van der Waals surface area contributed by atoms with Gasteiger partial charge in [0.25, 0.3) is 0 Å². The molecule has 0 aliphatic rings. The minimum Gasteiger partial charge on any atom is -0.462 e. The van der Waals surface area contributed by atoms with Gasteiger partial charge in [-0.1, -0.05) is 305 Å². The molecule has 0 aliphatic heterocycles. The van der Waals surface area contributed by atoms with Gasteiger partial charge < -0.3 is 33.8 Å². The Labute approximate surface area is 549 Å². The normalized spacial score (nSPS) is 14.8. The van der Waals surface area contributed by atoms with E-state index >= 15 is 0 Å². The molecule has 0 aliphatic carbocycles. The van der Waals surface area contributed by atoms with Gasteiger partial charge >= 0.3 is 39.5 Å². The van der Waals surface area contributed by atoms with E-state index in [1.54, 1.807) is 0 Å². The second kappa shape index (κ2) is 61.9. The number of ether oxygens (including phenoxy) is 4. The number of unbranched alkanes of at least 4 members (excludes halogenated alkanes) is 35. The van der Waals surface area contributed by atoms with Crippen molar-refractivity contribution in [3.8, 4) is 0 Å². The van der Waals surface area contributed by atoms with Crippen LogP contribution in [0, 0.1) is 17.8 Å². The van der Waals surface area contributed by atoms with Gasteiger partial charge in [-0.15, -0.1) is 0 Å². The van der Waals surface area contributed by atoms with Crippen molar-refractivity contribution in [2.45, 2.75) is 375 Å². The van der Waals surface area contributed by atoms with E-state index in [2.05, 4.69) is 48.5 Å². The van der Waals surface area contributed by atoms with Crippen LogP contribution in [0.3, 0.4) is 0 Å². The van der Waals surface area contributed by atoms with Gasteiger partial charge in [0.2, 0.25) is 0 Å². The first kappa shape index (κ1) is 88.1. The highest BCUT2D eigenvalue weighted by Crippen LogP contribution is 2.45. The lowest BCUT2D eigenvalue weighted by Crippen LogP contribution is -2.30. The molecule has 0 aromatic carbocycles. The summed E-state index contributed by atoms with van der Waals surface area (Å²) in [5.41, 5.74) is 0. The fourth-order valence-electron chi connectivity index (χ4n) is 10.7. The number of phosphoric acid groups is 2. The second-order valence-corrected chi connectivity index (χ2v) is 29.5. The monoisotopic (exact) mass is 1320 g/mol. The van der Waals surface area contributed by atoms with Crippen molar-refractivity contribution in [3.05, 3.63) is 0 Å². The summed E-state index contributed by atoms with van der Waals surface area (Å²) in [6, 6.07) is 0. The van der Waals surface area contributed by atoms with Gasteiger partial charge in [0.15, 0.2) is 12.2 Å². The largest absolute Gasteiger partial charge is 0.472 e. The molecule has 0 bridgehead atoms. The first-order valence-electron chi connectivity index (χ1n) is 36.9. The highest BCUT2D eigenvalue weighted by molar-refractivity contribution is 7.47. The molecule has 0 amide bonds. The Morgan fingerprint density at radius 2 is 0.567 bits per heavy atom. The van der Waals surface area contributed by atoms with Crippen LogP contribution in [0.15, 0.2) is 0 Å². The molecule has 0 aromatic heterocycles. The van der Waals surface area contributed by atoms with Crippen LogP contribution in [0.5, 0.6) is 0 Å². The Hall–Kier alpha value is -1.94. The molecule has 0 fully saturated rings. The Morgan fingerprint density at radius 3 is 0.844 bits per heavy atom. The van der Waals surface area contributed by atoms with Crippen molar-refractivity contribution >= 4 is 39.5 Å². The third kappa shape index (κ3) is 62.2. The Kier molecular flexibility index (Phi) is 60.6. The smallest absolute Gasteiger partial charge is 0.462 e. The minimum absolute atomic E-state index is 0.106. The van der Waals surface area contributed by atoms with Crippen LogP contribution in [0.2, 0.25) is 0 Å². The molecule has 534 valence electrons. The summed E-state index contributed by atoms with van der Waals surface area (Å²) in [6.45, 7) is 11.8. The lowest BCUT2D eigenvalue weighted by Gasteiger charge is -2.21. The highest BCUT2D eigenvalue weighted by atomic mass is 31.2. The summed E-state index contributed by atoms with van der Waals surface area (Å²) in [5.74, 6) is 0.178. The molecule has 0 radical (unpaired) electrons. The maximum atomic E-state index is 13.0.